The van der Waals surface area contributed by atoms with Crippen molar-refractivity contribution < 1.29 is 26.9 Å². The summed E-state index contributed by atoms with van der Waals surface area (Å²) in [5.41, 5.74) is 2.03. The van der Waals surface area contributed by atoms with E-state index < -0.39 is 27.5 Å². The Morgan fingerprint density at radius 2 is 1.82 bits per heavy atom. The molecule has 2 heterocycles. The monoisotopic (exact) mass is 539 g/mol. The third-order valence-corrected chi connectivity index (χ3v) is 7.50. The molecule has 4 rings (SSSR count). The lowest BCUT2D eigenvalue weighted by molar-refractivity contribution is 0.0285. The fraction of sp³-hybridized carbons (Fsp3) is 0.286. The van der Waals surface area contributed by atoms with E-state index in [0.717, 1.165) is 3.97 Å². The molecule has 0 radical (unpaired) electrons. The number of ether oxygens (including phenoxy) is 1. The van der Waals surface area contributed by atoms with Crippen molar-refractivity contribution in [2.24, 2.45) is 0 Å². The number of halogens is 1. The fourth-order valence-corrected chi connectivity index (χ4v) is 5.58. The molecule has 2 aromatic carbocycles. The summed E-state index contributed by atoms with van der Waals surface area (Å²) in [6.45, 7) is 8.87. The number of rotatable bonds is 6. The maximum absolute atomic E-state index is 14.9. The number of hydrogen-bond acceptors (Lipinski definition) is 6. The van der Waals surface area contributed by atoms with Crippen LogP contribution in [-0.2, 0) is 21.3 Å². The van der Waals surface area contributed by atoms with E-state index in [0.29, 0.717) is 28.1 Å². The van der Waals surface area contributed by atoms with Crippen molar-refractivity contribution in [1.82, 2.24) is 14.0 Å². The van der Waals surface area contributed by atoms with Gasteiger partial charge in [-0.1, -0.05) is 29.4 Å². The average Bonchev–Trinajstić information content (AvgIpc) is 3.41. The minimum Gasteiger partial charge on any atom is -0.444 e. The third kappa shape index (κ3) is 5.50. The largest absolute Gasteiger partial charge is 0.444 e. The van der Waals surface area contributed by atoms with Crippen LogP contribution in [0.5, 0.6) is 0 Å². The first-order valence-corrected chi connectivity index (χ1v) is 13.4. The number of benzene rings is 2. The first-order valence-electron chi connectivity index (χ1n) is 12.0. The lowest BCUT2D eigenvalue weighted by atomic mass is 10.0. The summed E-state index contributed by atoms with van der Waals surface area (Å²) in [7, 11) is -2.62. The van der Waals surface area contributed by atoms with E-state index in [9.17, 15) is 17.6 Å². The molecule has 0 spiro atoms. The summed E-state index contributed by atoms with van der Waals surface area (Å²) < 4.78 is 54.5. The molecule has 0 aliphatic heterocycles. The predicted molar refractivity (Wildman–Crippen MR) is 142 cm³/mol. The van der Waals surface area contributed by atoms with Crippen molar-refractivity contribution in [3.63, 3.8) is 0 Å². The average molecular weight is 540 g/mol. The van der Waals surface area contributed by atoms with Gasteiger partial charge in [-0.25, -0.2) is 21.6 Å². The molecule has 0 saturated heterocycles. The smallest absolute Gasteiger partial charge is 0.410 e. The second-order valence-corrected chi connectivity index (χ2v) is 11.9. The van der Waals surface area contributed by atoms with Crippen molar-refractivity contribution >= 4 is 16.1 Å². The van der Waals surface area contributed by atoms with E-state index in [1.165, 1.54) is 35.4 Å². The van der Waals surface area contributed by atoms with Gasteiger partial charge in [0.15, 0.2) is 0 Å². The number of nitrogens with zero attached hydrogens (tertiary/aromatic N) is 3. The Labute approximate surface area is 221 Å². The van der Waals surface area contributed by atoms with E-state index in [-0.39, 0.29) is 22.7 Å². The molecular formula is C28H30FN3O5S. The van der Waals surface area contributed by atoms with Crippen molar-refractivity contribution in [3.05, 3.63) is 83.6 Å². The molecule has 0 unspecified atom stereocenters. The van der Waals surface area contributed by atoms with Crippen molar-refractivity contribution in [2.45, 2.75) is 51.7 Å². The van der Waals surface area contributed by atoms with Gasteiger partial charge in [0.1, 0.15) is 17.2 Å². The maximum atomic E-state index is 14.9. The molecule has 2 aromatic heterocycles. The normalized spacial score (nSPS) is 12.0. The quantitative estimate of drug-likeness (QED) is 0.291. The molecule has 0 N–H and O–H groups in total. The zero-order valence-corrected chi connectivity index (χ0v) is 23.0. The summed E-state index contributed by atoms with van der Waals surface area (Å²) in [5.74, 6) is -0.00362. The van der Waals surface area contributed by atoms with Gasteiger partial charge in [0.2, 0.25) is 0 Å². The van der Waals surface area contributed by atoms with Crippen LogP contribution in [0.2, 0.25) is 0 Å². The zero-order valence-electron chi connectivity index (χ0n) is 22.1. The molecule has 0 atom stereocenters. The number of amides is 1. The molecule has 0 aliphatic rings. The van der Waals surface area contributed by atoms with Crippen LogP contribution in [0, 0.1) is 19.7 Å². The molecule has 10 heteroatoms. The lowest BCUT2D eigenvalue weighted by Gasteiger charge is -2.24. The molecular weight excluding hydrogens is 509 g/mol. The Morgan fingerprint density at radius 1 is 1.11 bits per heavy atom. The second-order valence-electron chi connectivity index (χ2n) is 10.1. The van der Waals surface area contributed by atoms with Gasteiger partial charge in [0, 0.05) is 24.4 Å². The van der Waals surface area contributed by atoms with E-state index in [2.05, 4.69) is 5.16 Å². The van der Waals surface area contributed by atoms with Crippen LogP contribution >= 0.6 is 0 Å². The minimum atomic E-state index is -4.17. The van der Waals surface area contributed by atoms with Gasteiger partial charge in [0.05, 0.1) is 22.8 Å². The van der Waals surface area contributed by atoms with Crippen LogP contribution in [0.15, 0.2) is 70.2 Å². The van der Waals surface area contributed by atoms with Gasteiger partial charge >= 0.3 is 6.09 Å². The molecule has 38 heavy (non-hydrogen) atoms. The fourth-order valence-electron chi connectivity index (χ4n) is 4.15. The van der Waals surface area contributed by atoms with Crippen LogP contribution in [0.4, 0.5) is 9.18 Å². The number of aryl methyl sites for hydroxylation is 2. The highest BCUT2D eigenvalue weighted by Crippen LogP contribution is 2.32. The van der Waals surface area contributed by atoms with Gasteiger partial charge in [-0.3, -0.25) is 0 Å². The predicted octanol–water partition coefficient (Wildman–Crippen LogP) is 6.17. The van der Waals surface area contributed by atoms with E-state index in [1.54, 1.807) is 72.0 Å². The Bertz CT molecular complexity index is 1580. The lowest BCUT2D eigenvalue weighted by Crippen LogP contribution is -2.33. The molecule has 0 bridgehead atoms. The van der Waals surface area contributed by atoms with Crippen LogP contribution in [0.3, 0.4) is 0 Å². The van der Waals surface area contributed by atoms with Crippen LogP contribution in [0.1, 0.15) is 37.8 Å². The van der Waals surface area contributed by atoms with E-state index >= 15 is 0 Å². The molecule has 0 aliphatic carbocycles. The summed E-state index contributed by atoms with van der Waals surface area (Å²) in [6.07, 6.45) is 0.841. The third-order valence-electron chi connectivity index (χ3n) is 5.83. The number of carbonyl (C=O) groups excluding carboxylic acids is 1. The van der Waals surface area contributed by atoms with Crippen LogP contribution in [-0.4, -0.2) is 41.2 Å². The maximum Gasteiger partial charge on any atom is 0.410 e. The minimum absolute atomic E-state index is 0.00948. The highest BCUT2D eigenvalue weighted by atomic mass is 32.2. The topological polar surface area (TPSA) is 94.6 Å². The Kier molecular flexibility index (Phi) is 7.20. The highest BCUT2D eigenvalue weighted by molar-refractivity contribution is 7.90. The molecule has 0 saturated carbocycles. The Morgan fingerprint density at radius 3 is 2.45 bits per heavy atom. The molecule has 1 amide bonds. The standard InChI is InChI=1S/C28H30FN3O5S/c1-18-26(19(2)37-30-18)21-10-9-11-22(15-21)38(34,35)32-17-20(16-31(6)27(33)36-28(3,4)5)14-25(32)23-12-7-8-13-24(23)29/h7-15,17H,16H2,1-6H3. The summed E-state index contributed by atoms with van der Waals surface area (Å²) in [4.78, 5) is 13.9. The number of hydrogen-bond donors (Lipinski definition) is 0. The SMILES string of the molecule is Cc1noc(C)c1-c1cccc(S(=O)(=O)n2cc(CN(C)C(=O)OC(C)(C)C)cc2-c2ccccc2F)c1. The summed E-state index contributed by atoms with van der Waals surface area (Å²) in [5, 5.41) is 3.96. The van der Waals surface area contributed by atoms with Gasteiger partial charge in [-0.2, -0.15) is 0 Å². The van der Waals surface area contributed by atoms with Crippen molar-refractivity contribution in [1.29, 1.82) is 0 Å². The van der Waals surface area contributed by atoms with E-state index in [1.807, 2.05) is 0 Å². The first kappa shape index (κ1) is 27.1. The molecule has 200 valence electrons. The molecule has 4 aromatic rings. The van der Waals surface area contributed by atoms with Gasteiger partial charge in [-0.15, -0.1) is 0 Å². The van der Waals surface area contributed by atoms with Crippen LogP contribution < -0.4 is 0 Å². The molecule has 0 fully saturated rings. The van der Waals surface area contributed by atoms with Crippen molar-refractivity contribution in [3.8, 4) is 22.4 Å². The second kappa shape index (κ2) is 10.1. The van der Waals surface area contributed by atoms with Crippen molar-refractivity contribution in [2.75, 3.05) is 7.05 Å². The van der Waals surface area contributed by atoms with Gasteiger partial charge in [0.25, 0.3) is 10.0 Å². The molecule has 8 nitrogen and oxygen atoms in total. The number of aromatic nitrogens is 2. The Balaban J connectivity index is 1.80. The van der Waals surface area contributed by atoms with Gasteiger partial charge in [-0.05, 0) is 76.1 Å². The van der Waals surface area contributed by atoms with Gasteiger partial charge < -0.3 is 14.2 Å². The summed E-state index contributed by atoms with van der Waals surface area (Å²) >= 11 is 0. The zero-order chi connectivity index (χ0) is 27.8. The number of carbonyl (C=O) groups is 1. The van der Waals surface area contributed by atoms with E-state index in [4.69, 9.17) is 9.26 Å². The Hall–Kier alpha value is -3.92. The highest BCUT2D eigenvalue weighted by Gasteiger charge is 2.26. The summed E-state index contributed by atoms with van der Waals surface area (Å²) in [6, 6.07) is 13.9. The van der Waals surface area contributed by atoms with Crippen LogP contribution in [0.25, 0.3) is 22.4 Å². The first-order chi connectivity index (χ1) is 17.8.